The maximum Gasteiger partial charge on any atom is 0.322 e. The van der Waals surface area contributed by atoms with Crippen LogP contribution >= 0.6 is 0 Å². The Kier molecular flexibility index (Phi) is 4.44. The fourth-order valence-electron chi connectivity index (χ4n) is 2.73. The molecule has 2 heterocycles. The summed E-state index contributed by atoms with van der Waals surface area (Å²) < 4.78 is 27.4. The lowest BCUT2D eigenvalue weighted by molar-refractivity contribution is -0.142. The number of aliphatic hydroxyl groups is 1. The fourth-order valence-corrected chi connectivity index (χ4v) is 4.64. The summed E-state index contributed by atoms with van der Waals surface area (Å²) in [5.74, 6) is -1.12. The largest absolute Gasteiger partial charge is 0.480 e. The highest BCUT2D eigenvalue weighted by atomic mass is 32.2. The molecule has 110 valence electrons. The molecule has 7 nitrogen and oxygen atoms in total. The van der Waals surface area contributed by atoms with Crippen LogP contribution in [0.5, 0.6) is 0 Å². The van der Waals surface area contributed by atoms with Gasteiger partial charge in [-0.05, 0) is 31.6 Å². The summed E-state index contributed by atoms with van der Waals surface area (Å²) in [4.78, 5) is 11.2. The van der Waals surface area contributed by atoms with Crippen molar-refractivity contribution in [3.63, 3.8) is 0 Å². The standard InChI is InChI=1S/C11H20N2O5S/c14-8-9-4-6-12(7-9)19(17,18)13-5-2-1-3-10(13)11(15)16/h9-10,14H,1-8H2,(H,15,16). The third-order valence-electron chi connectivity index (χ3n) is 3.87. The van der Waals surface area contributed by atoms with Gasteiger partial charge < -0.3 is 10.2 Å². The lowest BCUT2D eigenvalue weighted by atomic mass is 10.1. The second-order valence-electron chi connectivity index (χ2n) is 5.16. The molecular formula is C11H20N2O5S. The molecule has 2 rings (SSSR count). The number of hydrogen-bond donors (Lipinski definition) is 2. The normalized spacial score (nSPS) is 30.6. The van der Waals surface area contributed by atoms with Crippen LogP contribution in [0.2, 0.25) is 0 Å². The van der Waals surface area contributed by atoms with Crippen LogP contribution in [-0.2, 0) is 15.0 Å². The zero-order valence-electron chi connectivity index (χ0n) is 10.7. The highest BCUT2D eigenvalue weighted by molar-refractivity contribution is 7.86. The minimum absolute atomic E-state index is 0.0334. The van der Waals surface area contributed by atoms with Crippen LogP contribution in [0.25, 0.3) is 0 Å². The summed E-state index contributed by atoms with van der Waals surface area (Å²) in [5, 5.41) is 18.2. The molecule has 2 aliphatic rings. The summed E-state index contributed by atoms with van der Waals surface area (Å²) in [6.45, 7) is 0.867. The van der Waals surface area contributed by atoms with Crippen molar-refractivity contribution in [2.75, 3.05) is 26.2 Å². The first-order valence-corrected chi connectivity index (χ1v) is 7.97. The first-order chi connectivity index (χ1) is 8.96. The molecule has 0 spiro atoms. The van der Waals surface area contributed by atoms with E-state index in [1.54, 1.807) is 0 Å². The number of aliphatic hydroxyl groups excluding tert-OH is 1. The SMILES string of the molecule is O=C(O)C1CCCCN1S(=O)(=O)N1CCC(CO)C1. The highest BCUT2D eigenvalue weighted by Gasteiger charge is 2.42. The smallest absolute Gasteiger partial charge is 0.322 e. The predicted molar refractivity (Wildman–Crippen MR) is 67.7 cm³/mol. The minimum Gasteiger partial charge on any atom is -0.480 e. The van der Waals surface area contributed by atoms with E-state index < -0.39 is 22.2 Å². The topological polar surface area (TPSA) is 98.2 Å². The van der Waals surface area contributed by atoms with Crippen molar-refractivity contribution in [3.8, 4) is 0 Å². The monoisotopic (exact) mass is 292 g/mol. The first kappa shape index (κ1) is 14.7. The van der Waals surface area contributed by atoms with Gasteiger partial charge in [-0.25, -0.2) is 0 Å². The molecule has 0 bridgehead atoms. The van der Waals surface area contributed by atoms with Crippen molar-refractivity contribution in [1.29, 1.82) is 0 Å². The maximum atomic E-state index is 12.5. The van der Waals surface area contributed by atoms with Gasteiger partial charge in [0.1, 0.15) is 6.04 Å². The molecule has 2 aliphatic heterocycles. The molecule has 2 atom stereocenters. The molecule has 2 unspecified atom stereocenters. The van der Waals surface area contributed by atoms with Crippen LogP contribution < -0.4 is 0 Å². The van der Waals surface area contributed by atoms with Crippen molar-refractivity contribution < 1.29 is 23.4 Å². The van der Waals surface area contributed by atoms with E-state index in [2.05, 4.69) is 0 Å². The molecule has 2 saturated heterocycles. The van der Waals surface area contributed by atoms with E-state index in [1.165, 1.54) is 4.31 Å². The van der Waals surface area contributed by atoms with Crippen molar-refractivity contribution in [3.05, 3.63) is 0 Å². The van der Waals surface area contributed by atoms with Gasteiger partial charge in [-0.1, -0.05) is 0 Å². The molecule has 19 heavy (non-hydrogen) atoms. The zero-order valence-corrected chi connectivity index (χ0v) is 11.5. The number of aliphatic carboxylic acids is 1. The molecule has 2 fully saturated rings. The molecule has 2 N–H and O–H groups in total. The summed E-state index contributed by atoms with van der Waals surface area (Å²) in [6.07, 6.45) is 2.43. The van der Waals surface area contributed by atoms with E-state index in [4.69, 9.17) is 10.2 Å². The number of carboxylic acids is 1. The quantitative estimate of drug-likeness (QED) is 0.727. The van der Waals surface area contributed by atoms with Crippen LogP contribution in [-0.4, -0.2) is 65.5 Å². The van der Waals surface area contributed by atoms with Crippen molar-refractivity contribution >= 4 is 16.2 Å². The zero-order chi connectivity index (χ0) is 14.0. The first-order valence-electron chi connectivity index (χ1n) is 6.57. The van der Waals surface area contributed by atoms with Gasteiger partial charge in [0.25, 0.3) is 10.2 Å². The average Bonchev–Trinajstić information content (AvgIpc) is 2.88. The van der Waals surface area contributed by atoms with Crippen molar-refractivity contribution in [2.45, 2.75) is 31.7 Å². The van der Waals surface area contributed by atoms with Crippen LogP contribution in [0, 0.1) is 5.92 Å². The van der Waals surface area contributed by atoms with Gasteiger partial charge in [0.2, 0.25) is 0 Å². The van der Waals surface area contributed by atoms with Crippen LogP contribution in [0.15, 0.2) is 0 Å². The van der Waals surface area contributed by atoms with Gasteiger partial charge in [-0.2, -0.15) is 17.0 Å². The summed E-state index contributed by atoms with van der Waals surface area (Å²) in [7, 11) is -3.72. The van der Waals surface area contributed by atoms with E-state index in [-0.39, 0.29) is 25.6 Å². The Bertz CT molecular complexity index is 438. The molecule has 0 aromatic carbocycles. The Morgan fingerprint density at radius 2 is 1.95 bits per heavy atom. The molecule has 0 aliphatic carbocycles. The second-order valence-corrected chi connectivity index (χ2v) is 7.04. The second kappa shape index (κ2) is 5.74. The molecule has 8 heteroatoms. The summed E-state index contributed by atoms with van der Waals surface area (Å²) >= 11 is 0. The van der Waals surface area contributed by atoms with Crippen molar-refractivity contribution in [1.82, 2.24) is 8.61 Å². The molecule has 0 radical (unpaired) electrons. The Labute approximate surface area is 113 Å². The third kappa shape index (κ3) is 2.91. The molecular weight excluding hydrogens is 272 g/mol. The van der Waals surface area contributed by atoms with Gasteiger partial charge in [0.05, 0.1) is 0 Å². The number of hydrogen-bond acceptors (Lipinski definition) is 4. The molecule has 0 amide bonds. The minimum atomic E-state index is -3.72. The molecule has 0 aromatic heterocycles. The average molecular weight is 292 g/mol. The van der Waals surface area contributed by atoms with E-state index in [9.17, 15) is 13.2 Å². The Balaban J connectivity index is 2.16. The number of carbonyl (C=O) groups is 1. The van der Waals surface area contributed by atoms with Crippen LogP contribution in [0.3, 0.4) is 0 Å². The van der Waals surface area contributed by atoms with E-state index in [0.29, 0.717) is 25.8 Å². The highest BCUT2D eigenvalue weighted by Crippen LogP contribution is 2.26. The number of carboxylic acid groups (broad SMARTS) is 1. The predicted octanol–water partition coefficient (Wildman–Crippen LogP) is -0.515. The lowest BCUT2D eigenvalue weighted by Crippen LogP contribution is -2.52. The van der Waals surface area contributed by atoms with E-state index in [1.807, 2.05) is 0 Å². The summed E-state index contributed by atoms with van der Waals surface area (Å²) in [6, 6.07) is -0.952. The summed E-state index contributed by atoms with van der Waals surface area (Å²) in [5.41, 5.74) is 0. The van der Waals surface area contributed by atoms with Crippen LogP contribution in [0.1, 0.15) is 25.7 Å². The third-order valence-corrected chi connectivity index (χ3v) is 5.88. The maximum absolute atomic E-state index is 12.5. The Morgan fingerprint density at radius 3 is 2.53 bits per heavy atom. The number of rotatable bonds is 4. The van der Waals surface area contributed by atoms with Gasteiger partial charge in [0, 0.05) is 26.2 Å². The van der Waals surface area contributed by atoms with Crippen molar-refractivity contribution in [2.24, 2.45) is 5.92 Å². The lowest BCUT2D eigenvalue weighted by Gasteiger charge is -2.34. The van der Waals surface area contributed by atoms with Gasteiger partial charge in [-0.3, -0.25) is 4.79 Å². The Hall–Kier alpha value is -0.700. The van der Waals surface area contributed by atoms with Crippen LogP contribution in [0.4, 0.5) is 0 Å². The van der Waals surface area contributed by atoms with Gasteiger partial charge >= 0.3 is 5.97 Å². The van der Waals surface area contributed by atoms with Gasteiger partial charge in [0.15, 0.2) is 0 Å². The number of nitrogens with zero attached hydrogens (tertiary/aromatic N) is 2. The molecule has 0 saturated carbocycles. The Morgan fingerprint density at radius 1 is 1.21 bits per heavy atom. The van der Waals surface area contributed by atoms with E-state index in [0.717, 1.165) is 10.7 Å². The van der Waals surface area contributed by atoms with Gasteiger partial charge in [-0.15, -0.1) is 0 Å². The number of piperidine rings is 1. The fraction of sp³-hybridized carbons (Fsp3) is 0.909. The van der Waals surface area contributed by atoms with E-state index >= 15 is 0 Å². The molecule has 0 aromatic rings.